The number of hydrogen-bond donors (Lipinski definition) is 2. The van der Waals surface area contributed by atoms with Crippen LogP contribution in [0, 0.1) is 18.8 Å². The second-order valence-electron chi connectivity index (χ2n) is 4.17. The van der Waals surface area contributed by atoms with Gasteiger partial charge in [-0.1, -0.05) is 17.9 Å². The van der Waals surface area contributed by atoms with Gasteiger partial charge < -0.3 is 15.2 Å². The lowest BCUT2D eigenvalue weighted by atomic mass is 10.1. The quantitative estimate of drug-likeness (QED) is 0.835. The number of carbonyl (C=O) groups is 1. The number of amides is 1. The first-order chi connectivity index (χ1) is 9.81. The highest BCUT2D eigenvalue weighted by atomic mass is 19.4. The number of aliphatic hydroxyl groups is 1. The van der Waals surface area contributed by atoms with Crippen molar-refractivity contribution in [1.82, 2.24) is 0 Å². The van der Waals surface area contributed by atoms with Crippen molar-refractivity contribution in [1.29, 1.82) is 0 Å². The maximum Gasteiger partial charge on any atom is 0.411 e. The van der Waals surface area contributed by atoms with Crippen LogP contribution in [0.3, 0.4) is 0 Å². The lowest BCUT2D eigenvalue weighted by molar-refractivity contribution is -0.174. The van der Waals surface area contributed by atoms with Crippen molar-refractivity contribution in [2.45, 2.75) is 13.1 Å². The fraction of sp³-hybridized carbons (Fsp3) is 0.357. The van der Waals surface area contributed by atoms with Crippen molar-refractivity contribution >= 4 is 11.6 Å². The van der Waals surface area contributed by atoms with Crippen LogP contribution in [0.15, 0.2) is 18.2 Å². The highest BCUT2D eigenvalue weighted by Crippen LogP contribution is 2.17. The summed E-state index contributed by atoms with van der Waals surface area (Å²) in [6.45, 7) is -0.704. The molecule has 0 aliphatic carbocycles. The number of benzene rings is 1. The molecule has 0 aliphatic rings. The van der Waals surface area contributed by atoms with Crippen molar-refractivity contribution in [2.24, 2.45) is 0 Å². The topological polar surface area (TPSA) is 58.6 Å². The first kappa shape index (κ1) is 17.0. The number of aryl methyl sites for hydroxylation is 1. The molecule has 1 aromatic carbocycles. The van der Waals surface area contributed by atoms with Gasteiger partial charge in [0.2, 0.25) is 5.91 Å². The molecule has 0 heterocycles. The maximum absolute atomic E-state index is 11.9. The zero-order chi connectivity index (χ0) is 15.9. The molecule has 0 saturated heterocycles. The van der Waals surface area contributed by atoms with Crippen LogP contribution in [0.5, 0.6) is 0 Å². The summed E-state index contributed by atoms with van der Waals surface area (Å²) in [5.74, 6) is 4.38. The summed E-state index contributed by atoms with van der Waals surface area (Å²) < 4.78 is 39.9. The summed E-state index contributed by atoms with van der Waals surface area (Å²) in [6, 6.07) is 4.99. The second kappa shape index (κ2) is 7.67. The zero-order valence-electron chi connectivity index (χ0n) is 11.3. The predicted molar refractivity (Wildman–Crippen MR) is 70.6 cm³/mol. The molecule has 114 valence electrons. The molecule has 0 aliphatic heterocycles. The van der Waals surface area contributed by atoms with Gasteiger partial charge in [0.15, 0.2) is 0 Å². The third-order valence-electron chi connectivity index (χ3n) is 2.25. The van der Waals surface area contributed by atoms with Crippen LogP contribution in [-0.4, -0.2) is 37.0 Å². The molecule has 0 atom stereocenters. The predicted octanol–water partition coefficient (Wildman–Crippen LogP) is 1.86. The fourth-order valence-electron chi connectivity index (χ4n) is 1.45. The Hall–Kier alpha value is -2.04. The van der Waals surface area contributed by atoms with E-state index in [2.05, 4.69) is 21.9 Å². The number of aliphatic hydroxyl groups excluding tert-OH is 1. The van der Waals surface area contributed by atoms with Crippen LogP contribution in [0.1, 0.15) is 11.1 Å². The lowest BCUT2D eigenvalue weighted by Gasteiger charge is -2.10. The van der Waals surface area contributed by atoms with Gasteiger partial charge in [-0.3, -0.25) is 4.79 Å². The molecule has 21 heavy (non-hydrogen) atoms. The van der Waals surface area contributed by atoms with Gasteiger partial charge in [-0.2, -0.15) is 13.2 Å². The maximum atomic E-state index is 11.9. The minimum absolute atomic E-state index is 0.337. The Morgan fingerprint density at radius 2 is 2.14 bits per heavy atom. The van der Waals surface area contributed by atoms with Crippen molar-refractivity contribution in [3.8, 4) is 11.8 Å². The molecule has 0 spiro atoms. The van der Waals surface area contributed by atoms with E-state index in [4.69, 9.17) is 5.11 Å². The molecule has 0 radical (unpaired) electrons. The average molecular weight is 301 g/mol. The molecular formula is C14H14F3NO3. The molecule has 0 unspecified atom stereocenters. The Kier molecular flexibility index (Phi) is 6.21. The van der Waals surface area contributed by atoms with E-state index in [0.717, 1.165) is 5.56 Å². The molecular weight excluding hydrogens is 287 g/mol. The van der Waals surface area contributed by atoms with Crippen molar-refractivity contribution in [2.75, 3.05) is 25.1 Å². The van der Waals surface area contributed by atoms with Crippen molar-refractivity contribution in [3.63, 3.8) is 0 Å². The van der Waals surface area contributed by atoms with Gasteiger partial charge in [-0.15, -0.1) is 0 Å². The monoisotopic (exact) mass is 301 g/mol. The summed E-state index contributed by atoms with van der Waals surface area (Å²) in [6.07, 6.45) is -4.47. The molecule has 0 aromatic heterocycles. The normalized spacial score (nSPS) is 10.7. The minimum atomic E-state index is -4.47. The van der Waals surface area contributed by atoms with E-state index in [1.165, 1.54) is 0 Å². The van der Waals surface area contributed by atoms with Crippen LogP contribution < -0.4 is 5.32 Å². The standard InChI is InChI=1S/C14H14F3NO3/c1-10-4-5-12(11(7-10)3-2-6-19)18-13(20)8-21-9-14(15,16)17/h4-5,7,19H,6,8-9H2,1H3,(H,18,20). The molecule has 7 heteroatoms. The summed E-state index contributed by atoms with van der Waals surface area (Å²) in [4.78, 5) is 11.5. The van der Waals surface area contributed by atoms with Crippen molar-refractivity contribution < 1.29 is 27.8 Å². The van der Waals surface area contributed by atoms with E-state index in [0.29, 0.717) is 11.3 Å². The van der Waals surface area contributed by atoms with Gasteiger partial charge >= 0.3 is 6.18 Å². The number of rotatable bonds is 4. The largest absolute Gasteiger partial charge is 0.411 e. The SMILES string of the molecule is Cc1ccc(NC(=O)COCC(F)(F)F)c(C#CCO)c1. The fourth-order valence-corrected chi connectivity index (χ4v) is 1.45. The summed E-state index contributed by atoms with van der Waals surface area (Å²) in [7, 11) is 0. The van der Waals surface area contributed by atoms with E-state index in [1.807, 2.05) is 6.92 Å². The Labute approximate surface area is 119 Å². The van der Waals surface area contributed by atoms with Gasteiger partial charge in [-0.25, -0.2) is 0 Å². The first-order valence-corrected chi connectivity index (χ1v) is 5.96. The third kappa shape index (κ3) is 6.79. The number of alkyl halides is 3. The minimum Gasteiger partial charge on any atom is -0.384 e. The second-order valence-corrected chi connectivity index (χ2v) is 4.17. The smallest absolute Gasteiger partial charge is 0.384 e. The highest BCUT2D eigenvalue weighted by Gasteiger charge is 2.27. The number of halogens is 3. The highest BCUT2D eigenvalue weighted by molar-refractivity contribution is 5.93. The molecule has 4 nitrogen and oxygen atoms in total. The van der Waals surface area contributed by atoms with Crippen LogP contribution >= 0.6 is 0 Å². The molecule has 1 rings (SSSR count). The van der Waals surface area contributed by atoms with Crippen LogP contribution in [-0.2, 0) is 9.53 Å². The molecule has 1 aromatic rings. The van der Waals surface area contributed by atoms with Crippen LogP contribution in [0.4, 0.5) is 18.9 Å². The van der Waals surface area contributed by atoms with E-state index < -0.39 is 25.3 Å². The Morgan fingerprint density at radius 1 is 1.43 bits per heavy atom. The summed E-state index contributed by atoms with van der Waals surface area (Å²) in [5, 5.41) is 11.1. The number of carbonyl (C=O) groups excluding carboxylic acids is 1. The van der Waals surface area contributed by atoms with E-state index in [1.54, 1.807) is 18.2 Å². The number of hydrogen-bond acceptors (Lipinski definition) is 3. The summed E-state index contributed by atoms with van der Waals surface area (Å²) in [5.41, 5.74) is 1.71. The molecule has 0 bridgehead atoms. The van der Waals surface area contributed by atoms with E-state index >= 15 is 0 Å². The van der Waals surface area contributed by atoms with Gasteiger partial charge in [0.25, 0.3) is 0 Å². The van der Waals surface area contributed by atoms with E-state index in [-0.39, 0.29) is 6.61 Å². The Balaban J connectivity index is 2.67. The lowest BCUT2D eigenvalue weighted by Crippen LogP contribution is -2.24. The van der Waals surface area contributed by atoms with Gasteiger partial charge in [-0.05, 0) is 24.6 Å². The first-order valence-electron chi connectivity index (χ1n) is 5.96. The van der Waals surface area contributed by atoms with E-state index in [9.17, 15) is 18.0 Å². The molecule has 0 saturated carbocycles. The average Bonchev–Trinajstić information content (AvgIpc) is 2.37. The van der Waals surface area contributed by atoms with Gasteiger partial charge in [0.05, 0.1) is 5.69 Å². The Morgan fingerprint density at radius 3 is 2.76 bits per heavy atom. The number of nitrogens with one attached hydrogen (secondary N) is 1. The van der Waals surface area contributed by atoms with Crippen LogP contribution in [0.2, 0.25) is 0 Å². The van der Waals surface area contributed by atoms with Gasteiger partial charge in [0, 0.05) is 5.56 Å². The zero-order valence-corrected chi connectivity index (χ0v) is 11.3. The number of ether oxygens (including phenoxy) is 1. The van der Waals surface area contributed by atoms with Gasteiger partial charge in [0.1, 0.15) is 19.8 Å². The third-order valence-corrected chi connectivity index (χ3v) is 2.25. The summed E-state index contributed by atoms with van der Waals surface area (Å²) >= 11 is 0. The number of anilines is 1. The Bertz CT molecular complexity index is 559. The molecule has 1 amide bonds. The molecule has 0 fully saturated rings. The van der Waals surface area contributed by atoms with Crippen molar-refractivity contribution in [3.05, 3.63) is 29.3 Å². The molecule has 2 N–H and O–H groups in total. The van der Waals surface area contributed by atoms with Crippen LogP contribution in [0.25, 0.3) is 0 Å².